The van der Waals surface area contributed by atoms with E-state index in [1.807, 2.05) is 43.3 Å². The average molecular weight is 524 g/mol. The molecule has 2 heterocycles. The lowest BCUT2D eigenvalue weighted by atomic mass is 10.3. The minimum absolute atomic E-state index is 0. The number of ether oxygens (including phenoxy) is 2. The Labute approximate surface area is 192 Å². The zero-order valence-electron chi connectivity index (χ0n) is 16.4. The van der Waals surface area contributed by atoms with E-state index >= 15 is 0 Å². The van der Waals surface area contributed by atoms with Gasteiger partial charge in [-0.15, -0.1) is 24.0 Å². The quantitative estimate of drug-likeness (QED) is 0.251. The van der Waals surface area contributed by atoms with Crippen molar-refractivity contribution in [1.29, 1.82) is 0 Å². The molecule has 8 heteroatoms. The number of benzene rings is 1. The first-order chi connectivity index (χ1) is 13.8. The van der Waals surface area contributed by atoms with Gasteiger partial charge in [-0.1, -0.05) is 18.2 Å². The van der Waals surface area contributed by atoms with Crippen LogP contribution >= 0.6 is 35.3 Å². The minimum Gasteiger partial charge on any atom is -0.490 e. The van der Waals surface area contributed by atoms with Gasteiger partial charge in [-0.3, -0.25) is 4.99 Å². The van der Waals surface area contributed by atoms with E-state index in [0.29, 0.717) is 30.5 Å². The highest BCUT2D eigenvalue weighted by Gasteiger charge is 2.06. The molecule has 0 radical (unpaired) electrons. The van der Waals surface area contributed by atoms with E-state index in [1.165, 1.54) is 5.56 Å². The lowest BCUT2D eigenvalue weighted by Gasteiger charge is -2.12. The number of thiophene rings is 1. The summed E-state index contributed by atoms with van der Waals surface area (Å²) in [7, 11) is 1.76. The van der Waals surface area contributed by atoms with Gasteiger partial charge in [0.05, 0.1) is 6.61 Å². The predicted octanol–water partition coefficient (Wildman–Crippen LogP) is 4.82. The Morgan fingerprint density at radius 1 is 1.03 bits per heavy atom. The first kappa shape index (κ1) is 23.0. The molecule has 1 aromatic carbocycles. The van der Waals surface area contributed by atoms with Gasteiger partial charge in [0.1, 0.15) is 0 Å². The average Bonchev–Trinajstić information content (AvgIpc) is 3.25. The monoisotopic (exact) mass is 524 g/mol. The molecule has 2 aromatic heterocycles. The van der Waals surface area contributed by atoms with E-state index in [9.17, 15) is 0 Å². The molecule has 6 nitrogen and oxygen atoms in total. The van der Waals surface area contributed by atoms with Gasteiger partial charge in [0.25, 0.3) is 0 Å². The zero-order valence-corrected chi connectivity index (χ0v) is 19.6. The third kappa shape index (κ3) is 7.21. The number of guanidine groups is 1. The molecule has 0 unspecified atom stereocenters. The highest BCUT2D eigenvalue weighted by molar-refractivity contribution is 14.0. The molecule has 2 N–H and O–H groups in total. The van der Waals surface area contributed by atoms with Crippen molar-refractivity contribution in [2.45, 2.75) is 20.0 Å². The van der Waals surface area contributed by atoms with E-state index in [2.05, 4.69) is 37.4 Å². The van der Waals surface area contributed by atoms with Crippen LogP contribution in [0.5, 0.6) is 17.4 Å². The van der Waals surface area contributed by atoms with Crippen molar-refractivity contribution in [3.05, 3.63) is 70.5 Å². The molecular formula is C21H25IN4O2S. The molecule has 3 aromatic rings. The van der Waals surface area contributed by atoms with Crippen molar-refractivity contribution in [1.82, 2.24) is 15.6 Å². The van der Waals surface area contributed by atoms with Crippen LogP contribution in [0.2, 0.25) is 0 Å². The Bertz CT molecular complexity index is 886. The van der Waals surface area contributed by atoms with Crippen LogP contribution in [0.4, 0.5) is 0 Å². The van der Waals surface area contributed by atoms with Gasteiger partial charge in [-0.2, -0.15) is 11.3 Å². The third-order valence-corrected chi connectivity index (χ3v) is 4.62. The van der Waals surface area contributed by atoms with Crippen LogP contribution < -0.4 is 20.1 Å². The van der Waals surface area contributed by atoms with Gasteiger partial charge in [0.15, 0.2) is 17.5 Å². The van der Waals surface area contributed by atoms with Crippen LogP contribution in [0.15, 0.2) is 64.4 Å². The van der Waals surface area contributed by atoms with Gasteiger partial charge in [0, 0.05) is 32.4 Å². The zero-order chi connectivity index (χ0) is 19.6. The molecule has 0 fully saturated rings. The van der Waals surface area contributed by atoms with E-state index < -0.39 is 0 Å². The molecule has 0 aliphatic heterocycles. The fourth-order valence-electron chi connectivity index (χ4n) is 2.48. The summed E-state index contributed by atoms with van der Waals surface area (Å²) in [5.41, 5.74) is 2.27. The maximum atomic E-state index is 5.85. The summed E-state index contributed by atoms with van der Waals surface area (Å²) in [6, 6.07) is 13.5. The molecule has 0 atom stereocenters. The molecule has 154 valence electrons. The normalized spacial score (nSPS) is 10.8. The molecule has 0 saturated carbocycles. The first-order valence-electron chi connectivity index (χ1n) is 9.08. The number of para-hydroxylation sites is 2. The van der Waals surface area contributed by atoms with Crippen molar-refractivity contribution < 1.29 is 9.47 Å². The molecule has 29 heavy (non-hydrogen) atoms. The molecule has 0 aliphatic rings. The summed E-state index contributed by atoms with van der Waals surface area (Å²) in [4.78, 5) is 8.63. The summed E-state index contributed by atoms with van der Waals surface area (Å²) in [6.07, 6.45) is 1.79. The Balaban J connectivity index is 0.00000300. The summed E-state index contributed by atoms with van der Waals surface area (Å²) in [6.45, 7) is 3.89. The highest BCUT2D eigenvalue weighted by Crippen LogP contribution is 2.30. The molecule has 3 rings (SSSR count). The van der Waals surface area contributed by atoms with Gasteiger partial charge in [-0.25, -0.2) is 4.98 Å². The number of aromatic nitrogens is 1. The third-order valence-electron chi connectivity index (χ3n) is 3.88. The maximum Gasteiger partial charge on any atom is 0.219 e. The van der Waals surface area contributed by atoms with Crippen LogP contribution in [-0.4, -0.2) is 24.6 Å². The van der Waals surface area contributed by atoms with Crippen molar-refractivity contribution in [3.8, 4) is 17.4 Å². The molecule has 0 saturated heterocycles. The molecule has 0 amide bonds. The fourth-order valence-corrected chi connectivity index (χ4v) is 3.15. The predicted molar refractivity (Wildman–Crippen MR) is 129 cm³/mol. The SMILES string of the molecule is CCOc1ccccc1Oc1ccc(CNC(=NC)NCc2ccsc2)cn1.I. The highest BCUT2D eigenvalue weighted by atomic mass is 127. The Kier molecular flexibility index (Phi) is 9.72. The number of halogens is 1. The number of nitrogens with zero attached hydrogens (tertiary/aromatic N) is 2. The number of hydrogen-bond donors (Lipinski definition) is 2. The van der Waals surface area contributed by atoms with E-state index in [1.54, 1.807) is 24.6 Å². The number of pyridine rings is 1. The maximum absolute atomic E-state index is 5.85. The minimum atomic E-state index is 0. The Morgan fingerprint density at radius 3 is 2.41 bits per heavy atom. The van der Waals surface area contributed by atoms with Gasteiger partial charge < -0.3 is 20.1 Å². The van der Waals surface area contributed by atoms with Crippen LogP contribution in [0.25, 0.3) is 0 Å². The Hall–Kier alpha value is -2.33. The van der Waals surface area contributed by atoms with Crippen molar-refractivity contribution in [2.24, 2.45) is 4.99 Å². The van der Waals surface area contributed by atoms with Gasteiger partial charge in [-0.05, 0) is 47.0 Å². The van der Waals surface area contributed by atoms with Crippen LogP contribution in [-0.2, 0) is 13.1 Å². The largest absolute Gasteiger partial charge is 0.490 e. The van der Waals surface area contributed by atoms with Crippen molar-refractivity contribution >= 4 is 41.3 Å². The van der Waals surface area contributed by atoms with Crippen LogP contribution in [0.1, 0.15) is 18.1 Å². The number of aliphatic imine (C=N–C) groups is 1. The van der Waals surface area contributed by atoms with E-state index in [4.69, 9.17) is 9.47 Å². The fraction of sp³-hybridized carbons (Fsp3) is 0.238. The Morgan fingerprint density at radius 2 is 1.79 bits per heavy atom. The second kappa shape index (κ2) is 12.3. The summed E-state index contributed by atoms with van der Waals surface area (Å²) in [5, 5.41) is 10.8. The van der Waals surface area contributed by atoms with Crippen molar-refractivity contribution in [3.63, 3.8) is 0 Å². The van der Waals surface area contributed by atoms with E-state index in [-0.39, 0.29) is 24.0 Å². The second-order valence-electron chi connectivity index (χ2n) is 5.90. The standard InChI is InChI=1S/C21H24N4O2S.HI/c1-3-26-18-6-4-5-7-19(18)27-20-9-8-16(12-23-20)13-24-21(22-2)25-14-17-10-11-28-15-17;/h4-12,15H,3,13-14H2,1-2H3,(H2,22,24,25);1H. The number of hydrogen-bond acceptors (Lipinski definition) is 5. The van der Waals surface area contributed by atoms with Crippen LogP contribution in [0, 0.1) is 0 Å². The molecule has 0 bridgehead atoms. The topological polar surface area (TPSA) is 67.8 Å². The van der Waals surface area contributed by atoms with Gasteiger partial charge in [0.2, 0.25) is 5.88 Å². The molecular weight excluding hydrogens is 499 g/mol. The molecule has 0 spiro atoms. The lowest BCUT2D eigenvalue weighted by Crippen LogP contribution is -2.36. The number of nitrogens with one attached hydrogen (secondary N) is 2. The smallest absolute Gasteiger partial charge is 0.219 e. The number of rotatable bonds is 8. The van der Waals surface area contributed by atoms with Crippen molar-refractivity contribution in [2.75, 3.05) is 13.7 Å². The first-order valence-corrected chi connectivity index (χ1v) is 10.0. The summed E-state index contributed by atoms with van der Waals surface area (Å²) in [5.74, 6) is 2.63. The van der Waals surface area contributed by atoms with Crippen LogP contribution in [0.3, 0.4) is 0 Å². The second-order valence-corrected chi connectivity index (χ2v) is 6.68. The summed E-state index contributed by atoms with van der Waals surface area (Å²) < 4.78 is 11.4. The molecule has 0 aliphatic carbocycles. The lowest BCUT2D eigenvalue weighted by molar-refractivity contribution is 0.319. The van der Waals surface area contributed by atoms with Gasteiger partial charge >= 0.3 is 0 Å². The summed E-state index contributed by atoms with van der Waals surface area (Å²) >= 11 is 1.69. The van der Waals surface area contributed by atoms with E-state index in [0.717, 1.165) is 18.1 Å².